The normalized spacial score (nSPS) is 25.0. The van der Waals surface area contributed by atoms with E-state index in [0.29, 0.717) is 11.1 Å². The number of carbonyl (C=O) groups is 1. The van der Waals surface area contributed by atoms with Crippen LogP contribution in [-0.4, -0.2) is 11.1 Å². The Balaban J connectivity index is 3.09. The van der Waals surface area contributed by atoms with Crippen LogP contribution in [0.2, 0.25) is 0 Å². The molecule has 0 aliphatic heterocycles. The van der Waals surface area contributed by atoms with Crippen molar-refractivity contribution in [3.63, 3.8) is 0 Å². The van der Waals surface area contributed by atoms with Crippen molar-refractivity contribution >= 4 is 21.7 Å². The van der Waals surface area contributed by atoms with Crippen molar-refractivity contribution in [3.8, 4) is 0 Å². The van der Waals surface area contributed by atoms with Gasteiger partial charge in [-0.25, -0.2) is 0 Å². The summed E-state index contributed by atoms with van der Waals surface area (Å²) in [6.45, 7) is 6.44. The van der Waals surface area contributed by atoms with Gasteiger partial charge in [0.15, 0.2) is 5.78 Å². The third-order valence-electron chi connectivity index (χ3n) is 3.56. The highest BCUT2D eigenvalue weighted by Gasteiger charge is 2.35. The molecule has 0 aromatic heterocycles. The lowest BCUT2D eigenvalue weighted by molar-refractivity contribution is -0.123. The summed E-state index contributed by atoms with van der Waals surface area (Å²) in [6.07, 6.45) is 8.35. The van der Waals surface area contributed by atoms with Crippen LogP contribution in [0, 0.1) is 5.41 Å². The van der Waals surface area contributed by atoms with Gasteiger partial charge in [0.2, 0.25) is 0 Å². The molecule has 0 amide bonds. The predicted molar refractivity (Wildman–Crippen MR) is 72.9 cm³/mol. The molecule has 0 N–H and O–H groups in total. The summed E-state index contributed by atoms with van der Waals surface area (Å²) in [6, 6.07) is 0. The van der Waals surface area contributed by atoms with E-state index >= 15 is 0 Å². The molecule has 0 bridgehead atoms. The number of ketones is 1. The summed E-state index contributed by atoms with van der Waals surface area (Å²) < 4.78 is 0. The summed E-state index contributed by atoms with van der Waals surface area (Å²) in [5.74, 6) is 0.319. The minimum absolute atomic E-state index is 0.241. The Morgan fingerprint density at radius 2 is 2.06 bits per heavy atom. The number of halogens is 1. The van der Waals surface area contributed by atoms with Gasteiger partial charge < -0.3 is 0 Å². The Morgan fingerprint density at radius 3 is 2.50 bits per heavy atom. The highest BCUT2D eigenvalue weighted by Crippen LogP contribution is 2.40. The van der Waals surface area contributed by atoms with Gasteiger partial charge in [-0.3, -0.25) is 4.79 Å². The fraction of sp³-hybridized carbons (Fsp3) is 0.643. The molecule has 0 heterocycles. The number of allylic oxidation sites excluding steroid dienone is 4. The molecule has 1 unspecified atom stereocenters. The molecule has 1 nitrogen and oxygen atoms in total. The number of hydrogen-bond donors (Lipinski definition) is 0. The van der Waals surface area contributed by atoms with Crippen molar-refractivity contribution in [3.05, 3.63) is 23.3 Å². The van der Waals surface area contributed by atoms with E-state index in [4.69, 9.17) is 0 Å². The monoisotopic (exact) mass is 284 g/mol. The zero-order valence-corrected chi connectivity index (χ0v) is 12.1. The minimum atomic E-state index is -0.241. The fourth-order valence-electron chi connectivity index (χ4n) is 2.33. The number of alkyl halides is 1. The predicted octanol–water partition coefficient (Wildman–Crippen LogP) is 4.42. The zero-order valence-electron chi connectivity index (χ0n) is 10.5. The van der Waals surface area contributed by atoms with Gasteiger partial charge in [0.25, 0.3) is 0 Å². The topological polar surface area (TPSA) is 17.1 Å². The SMILES string of the molecule is CCC1=CC(CC)(C(=O)CBr)CC(CC)=C1. The molecule has 0 saturated heterocycles. The van der Waals surface area contributed by atoms with Crippen LogP contribution in [-0.2, 0) is 4.79 Å². The Labute approximate surface area is 107 Å². The molecule has 1 atom stereocenters. The van der Waals surface area contributed by atoms with Crippen LogP contribution in [0.15, 0.2) is 23.3 Å². The van der Waals surface area contributed by atoms with E-state index in [1.807, 2.05) is 0 Å². The lowest BCUT2D eigenvalue weighted by atomic mass is 9.71. The molecule has 2 heteroatoms. The first-order valence-electron chi connectivity index (χ1n) is 6.12. The van der Waals surface area contributed by atoms with E-state index in [9.17, 15) is 4.79 Å². The number of rotatable bonds is 5. The zero-order chi connectivity index (χ0) is 12.2. The molecular formula is C14H21BrO. The van der Waals surface area contributed by atoms with E-state index in [0.717, 1.165) is 25.7 Å². The molecule has 0 radical (unpaired) electrons. The second-order valence-electron chi connectivity index (χ2n) is 4.47. The van der Waals surface area contributed by atoms with Crippen LogP contribution in [0.4, 0.5) is 0 Å². The number of Topliss-reactive ketones (excluding diaryl/α,β-unsaturated/α-hetero) is 1. The largest absolute Gasteiger partial charge is 0.298 e. The Kier molecular flexibility index (Phi) is 4.97. The van der Waals surface area contributed by atoms with Crippen LogP contribution in [0.5, 0.6) is 0 Å². The first-order chi connectivity index (χ1) is 7.61. The Morgan fingerprint density at radius 1 is 1.38 bits per heavy atom. The van der Waals surface area contributed by atoms with Crippen molar-refractivity contribution in [1.29, 1.82) is 0 Å². The molecule has 1 aliphatic carbocycles. The van der Waals surface area contributed by atoms with E-state index < -0.39 is 0 Å². The van der Waals surface area contributed by atoms with Gasteiger partial charge in [-0.2, -0.15) is 0 Å². The van der Waals surface area contributed by atoms with Crippen molar-refractivity contribution < 1.29 is 4.79 Å². The van der Waals surface area contributed by atoms with Gasteiger partial charge in [-0.1, -0.05) is 60.0 Å². The second kappa shape index (κ2) is 5.81. The lowest BCUT2D eigenvalue weighted by Crippen LogP contribution is -2.32. The molecule has 1 rings (SSSR count). The maximum absolute atomic E-state index is 12.1. The molecule has 16 heavy (non-hydrogen) atoms. The van der Waals surface area contributed by atoms with Gasteiger partial charge in [0.05, 0.1) is 10.7 Å². The molecule has 0 aromatic rings. The van der Waals surface area contributed by atoms with Crippen molar-refractivity contribution in [1.82, 2.24) is 0 Å². The van der Waals surface area contributed by atoms with Crippen LogP contribution >= 0.6 is 15.9 Å². The highest BCUT2D eigenvalue weighted by molar-refractivity contribution is 9.09. The van der Waals surface area contributed by atoms with E-state index in [2.05, 4.69) is 48.9 Å². The third-order valence-corrected chi connectivity index (χ3v) is 4.07. The third kappa shape index (κ3) is 2.65. The molecule has 0 fully saturated rings. The van der Waals surface area contributed by atoms with E-state index in [1.54, 1.807) is 0 Å². The van der Waals surface area contributed by atoms with Crippen LogP contribution in [0.25, 0.3) is 0 Å². The first kappa shape index (κ1) is 13.7. The summed E-state index contributed by atoms with van der Waals surface area (Å²) in [5, 5.41) is 0.464. The maximum atomic E-state index is 12.1. The summed E-state index contributed by atoms with van der Waals surface area (Å²) in [4.78, 5) is 12.1. The number of carbonyl (C=O) groups excluding carboxylic acids is 1. The van der Waals surface area contributed by atoms with Gasteiger partial charge >= 0.3 is 0 Å². The minimum Gasteiger partial charge on any atom is -0.298 e. The van der Waals surface area contributed by atoms with E-state index in [1.165, 1.54) is 11.1 Å². The number of hydrogen-bond acceptors (Lipinski definition) is 1. The lowest BCUT2D eigenvalue weighted by Gasteiger charge is -2.32. The quantitative estimate of drug-likeness (QED) is 0.683. The van der Waals surface area contributed by atoms with Crippen molar-refractivity contribution in [2.75, 3.05) is 5.33 Å². The van der Waals surface area contributed by atoms with Gasteiger partial charge in [-0.05, 0) is 25.7 Å². The average Bonchev–Trinajstić information content (AvgIpc) is 2.36. The van der Waals surface area contributed by atoms with Crippen molar-refractivity contribution in [2.45, 2.75) is 46.5 Å². The summed E-state index contributed by atoms with van der Waals surface area (Å²) in [5.41, 5.74) is 2.49. The molecule has 0 aromatic carbocycles. The highest BCUT2D eigenvalue weighted by atomic mass is 79.9. The first-order valence-corrected chi connectivity index (χ1v) is 7.24. The average molecular weight is 285 g/mol. The fourth-order valence-corrected chi connectivity index (χ4v) is 2.89. The summed E-state index contributed by atoms with van der Waals surface area (Å²) in [7, 11) is 0. The molecule has 0 saturated carbocycles. The van der Waals surface area contributed by atoms with Gasteiger partial charge in [0, 0.05) is 0 Å². The van der Waals surface area contributed by atoms with E-state index in [-0.39, 0.29) is 5.41 Å². The van der Waals surface area contributed by atoms with Crippen LogP contribution in [0.1, 0.15) is 46.5 Å². The van der Waals surface area contributed by atoms with Crippen molar-refractivity contribution in [2.24, 2.45) is 5.41 Å². The molecule has 1 aliphatic rings. The molecule has 0 spiro atoms. The Bertz CT molecular complexity index is 328. The second-order valence-corrected chi connectivity index (χ2v) is 5.03. The molecular weight excluding hydrogens is 264 g/mol. The molecule has 90 valence electrons. The Hall–Kier alpha value is -0.370. The maximum Gasteiger partial charge on any atom is 0.153 e. The van der Waals surface area contributed by atoms with Crippen LogP contribution < -0.4 is 0 Å². The standard InChI is InChI=1S/C14H21BrO/c1-4-11-7-12(5-2)9-14(6-3,8-11)13(16)10-15/h7-8H,4-6,9-10H2,1-3H3. The summed E-state index contributed by atoms with van der Waals surface area (Å²) >= 11 is 3.31. The van der Waals surface area contributed by atoms with Gasteiger partial charge in [0.1, 0.15) is 0 Å². The van der Waals surface area contributed by atoms with Gasteiger partial charge in [-0.15, -0.1) is 0 Å². The van der Waals surface area contributed by atoms with Crippen LogP contribution in [0.3, 0.4) is 0 Å². The smallest absolute Gasteiger partial charge is 0.153 e.